The number of nitrogens with one attached hydrogen (secondary N) is 2. The van der Waals surface area contributed by atoms with E-state index in [0.29, 0.717) is 29.9 Å². The number of hydrogen-bond acceptors (Lipinski definition) is 6. The Hall–Kier alpha value is -3.45. The quantitative estimate of drug-likeness (QED) is 0.449. The molecule has 6 nitrogen and oxygen atoms in total. The smallest absolute Gasteiger partial charge is 0.291 e. The summed E-state index contributed by atoms with van der Waals surface area (Å²) in [7, 11) is 0. The molecule has 30 heavy (non-hydrogen) atoms. The molecule has 0 aliphatic heterocycles. The second kappa shape index (κ2) is 8.92. The Morgan fingerprint density at radius 1 is 0.900 bits per heavy atom. The van der Waals surface area contributed by atoms with Crippen molar-refractivity contribution < 1.29 is 4.79 Å². The maximum absolute atomic E-state index is 12.9. The van der Waals surface area contributed by atoms with Gasteiger partial charge in [0.25, 0.3) is 5.91 Å². The Morgan fingerprint density at radius 3 is 2.07 bits per heavy atom. The Kier molecular flexibility index (Phi) is 5.90. The lowest BCUT2D eigenvalue weighted by molar-refractivity contribution is 0.0951. The summed E-state index contributed by atoms with van der Waals surface area (Å²) in [5.41, 5.74) is 4.64. The zero-order chi connectivity index (χ0) is 20.9. The number of hydrogen-bond donors (Lipinski definition) is 2. The average molecular weight is 418 g/mol. The molecule has 0 bridgehead atoms. The molecule has 0 aliphatic carbocycles. The standard InChI is InChI=1S/C23H23N5OS/c1-16-5-9-18(10-6-16)14-24-22-26-23(25-15-19-11-7-17(2)8-12-19)28(27-22)21(29)20-4-3-13-30-20/h3-13H,14-15H2,1-2H3,(H2,24,25,26,27). The Morgan fingerprint density at radius 2 is 1.50 bits per heavy atom. The summed E-state index contributed by atoms with van der Waals surface area (Å²) >= 11 is 1.39. The lowest BCUT2D eigenvalue weighted by Crippen LogP contribution is -2.16. The Bertz CT molecular complexity index is 1120. The Balaban J connectivity index is 1.53. The molecule has 0 atom stereocenters. The van der Waals surface area contributed by atoms with Crippen LogP contribution in [0.15, 0.2) is 66.0 Å². The highest BCUT2D eigenvalue weighted by Crippen LogP contribution is 2.17. The maximum Gasteiger partial charge on any atom is 0.291 e. The van der Waals surface area contributed by atoms with E-state index in [1.165, 1.54) is 27.1 Å². The molecule has 0 saturated heterocycles. The summed E-state index contributed by atoms with van der Waals surface area (Å²) in [6.07, 6.45) is 0. The molecular weight excluding hydrogens is 394 g/mol. The molecule has 0 spiro atoms. The van der Waals surface area contributed by atoms with Crippen molar-refractivity contribution in [3.05, 3.63) is 93.2 Å². The van der Waals surface area contributed by atoms with Crippen LogP contribution in [0.25, 0.3) is 0 Å². The summed E-state index contributed by atoms with van der Waals surface area (Å²) in [4.78, 5) is 18.0. The fourth-order valence-corrected chi connectivity index (χ4v) is 3.57. The van der Waals surface area contributed by atoms with Gasteiger partial charge < -0.3 is 10.6 Å². The number of anilines is 2. The largest absolute Gasteiger partial charge is 0.350 e. The van der Waals surface area contributed by atoms with Gasteiger partial charge in [-0.1, -0.05) is 65.7 Å². The van der Waals surface area contributed by atoms with Crippen molar-refractivity contribution in [2.75, 3.05) is 10.6 Å². The third kappa shape index (κ3) is 4.75. The first-order valence-corrected chi connectivity index (χ1v) is 10.6. The molecule has 0 unspecified atom stereocenters. The van der Waals surface area contributed by atoms with Crippen molar-refractivity contribution >= 4 is 29.1 Å². The molecule has 0 radical (unpaired) electrons. The fraction of sp³-hybridized carbons (Fsp3) is 0.174. The normalized spacial score (nSPS) is 10.7. The molecule has 0 aliphatic rings. The minimum absolute atomic E-state index is 0.202. The van der Waals surface area contributed by atoms with Gasteiger partial charge >= 0.3 is 0 Å². The van der Waals surface area contributed by atoms with Crippen molar-refractivity contribution in [3.8, 4) is 0 Å². The van der Waals surface area contributed by atoms with Crippen molar-refractivity contribution in [2.45, 2.75) is 26.9 Å². The van der Waals surface area contributed by atoms with Crippen molar-refractivity contribution in [1.29, 1.82) is 0 Å². The van der Waals surface area contributed by atoms with E-state index >= 15 is 0 Å². The number of thiophene rings is 1. The third-order valence-corrected chi connectivity index (χ3v) is 5.53. The number of rotatable bonds is 7. The molecule has 2 heterocycles. The zero-order valence-electron chi connectivity index (χ0n) is 16.9. The lowest BCUT2D eigenvalue weighted by Gasteiger charge is -2.06. The van der Waals surface area contributed by atoms with Gasteiger partial charge in [0.2, 0.25) is 11.9 Å². The van der Waals surface area contributed by atoms with Gasteiger partial charge in [-0.25, -0.2) is 0 Å². The van der Waals surface area contributed by atoms with E-state index in [2.05, 4.69) is 83.1 Å². The number of aromatic nitrogens is 3. The maximum atomic E-state index is 12.9. The first-order valence-electron chi connectivity index (χ1n) is 9.72. The van der Waals surface area contributed by atoms with Crippen LogP contribution >= 0.6 is 11.3 Å². The highest BCUT2D eigenvalue weighted by atomic mass is 32.1. The first kappa shape index (κ1) is 19.8. The number of carbonyl (C=O) groups excluding carboxylic acids is 1. The molecule has 4 aromatic rings. The van der Waals surface area contributed by atoms with Crippen LogP contribution in [0.4, 0.5) is 11.9 Å². The Labute approximate surface area is 179 Å². The van der Waals surface area contributed by atoms with Gasteiger partial charge in [0.15, 0.2) is 0 Å². The highest BCUT2D eigenvalue weighted by molar-refractivity contribution is 7.12. The minimum Gasteiger partial charge on any atom is -0.350 e. The van der Waals surface area contributed by atoms with Gasteiger partial charge in [-0.3, -0.25) is 4.79 Å². The van der Waals surface area contributed by atoms with E-state index in [4.69, 9.17) is 0 Å². The molecule has 152 valence electrons. The van der Waals surface area contributed by atoms with E-state index < -0.39 is 0 Å². The second-order valence-corrected chi connectivity index (χ2v) is 8.08. The summed E-state index contributed by atoms with van der Waals surface area (Å²) in [5.74, 6) is 0.625. The SMILES string of the molecule is Cc1ccc(CNc2nc(NCc3ccc(C)cc3)n(C(=O)c3cccs3)n2)cc1. The zero-order valence-corrected chi connectivity index (χ0v) is 17.7. The number of carbonyl (C=O) groups is 1. The fourth-order valence-electron chi connectivity index (χ4n) is 2.92. The van der Waals surface area contributed by atoms with E-state index in [9.17, 15) is 4.79 Å². The van der Waals surface area contributed by atoms with E-state index in [0.717, 1.165) is 11.1 Å². The summed E-state index contributed by atoms with van der Waals surface area (Å²) in [6.45, 7) is 5.24. The highest BCUT2D eigenvalue weighted by Gasteiger charge is 2.18. The van der Waals surface area contributed by atoms with Crippen LogP contribution in [0.1, 0.15) is 31.9 Å². The molecule has 4 rings (SSSR count). The van der Waals surface area contributed by atoms with Crippen LogP contribution < -0.4 is 10.6 Å². The van der Waals surface area contributed by atoms with Gasteiger partial charge in [0, 0.05) is 13.1 Å². The van der Waals surface area contributed by atoms with Crippen LogP contribution in [-0.2, 0) is 13.1 Å². The van der Waals surface area contributed by atoms with Gasteiger partial charge in [-0.2, -0.15) is 9.67 Å². The van der Waals surface area contributed by atoms with Crippen molar-refractivity contribution in [3.63, 3.8) is 0 Å². The molecule has 0 amide bonds. The van der Waals surface area contributed by atoms with Crippen molar-refractivity contribution in [1.82, 2.24) is 14.8 Å². The monoisotopic (exact) mass is 417 g/mol. The van der Waals surface area contributed by atoms with Gasteiger partial charge in [0.05, 0.1) is 4.88 Å². The molecule has 2 aromatic carbocycles. The van der Waals surface area contributed by atoms with Crippen LogP contribution in [0.3, 0.4) is 0 Å². The molecule has 0 fully saturated rings. The van der Waals surface area contributed by atoms with Gasteiger partial charge in [-0.05, 0) is 36.4 Å². The number of benzene rings is 2. The predicted octanol–water partition coefficient (Wildman–Crippen LogP) is 4.87. The molecule has 7 heteroatoms. The lowest BCUT2D eigenvalue weighted by atomic mass is 10.1. The average Bonchev–Trinajstić information content (AvgIpc) is 3.43. The van der Waals surface area contributed by atoms with Gasteiger partial charge in [-0.15, -0.1) is 16.4 Å². The minimum atomic E-state index is -0.202. The van der Waals surface area contributed by atoms with Crippen LogP contribution in [0, 0.1) is 13.8 Å². The van der Waals surface area contributed by atoms with E-state index in [1.54, 1.807) is 6.07 Å². The summed E-state index contributed by atoms with van der Waals surface area (Å²) in [5, 5.41) is 12.8. The third-order valence-electron chi connectivity index (χ3n) is 4.67. The van der Waals surface area contributed by atoms with Crippen LogP contribution in [-0.4, -0.2) is 20.7 Å². The van der Waals surface area contributed by atoms with Crippen LogP contribution in [0.5, 0.6) is 0 Å². The topological polar surface area (TPSA) is 71.8 Å². The van der Waals surface area contributed by atoms with Crippen molar-refractivity contribution in [2.24, 2.45) is 0 Å². The van der Waals surface area contributed by atoms with Crippen LogP contribution in [0.2, 0.25) is 0 Å². The number of aryl methyl sites for hydroxylation is 2. The number of nitrogens with zero attached hydrogens (tertiary/aromatic N) is 3. The second-order valence-electron chi connectivity index (χ2n) is 7.13. The van der Waals surface area contributed by atoms with E-state index in [-0.39, 0.29) is 5.91 Å². The molecule has 2 aromatic heterocycles. The summed E-state index contributed by atoms with van der Waals surface area (Å²) in [6, 6.07) is 20.1. The predicted molar refractivity (Wildman–Crippen MR) is 121 cm³/mol. The first-order chi connectivity index (χ1) is 14.6. The molecule has 0 saturated carbocycles. The molecular formula is C23H23N5OS. The summed E-state index contributed by atoms with van der Waals surface area (Å²) < 4.78 is 1.33. The van der Waals surface area contributed by atoms with E-state index in [1.807, 2.05) is 11.4 Å². The molecule has 2 N–H and O–H groups in total. The van der Waals surface area contributed by atoms with Gasteiger partial charge in [0.1, 0.15) is 0 Å².